The van der Waals surface area contributed by atoms with E-state index in [1.165, 1.54) is 0 Å². The van der Waals surface area contributed by atoms with Gasteiger partial charge in [0.1, 0.15) is 11.6 Å². The minimum atomic E-state index is -0.768. The van der Waals surface area contributed by atoms with E-state index in [1.54, 1.807) is 0 Å². The van der Waals surface area contributed by atoms with Crippen LogP contribution in [0.15, 0.2) is 23.3 Å². The predicted octanol–water partition coefficient (Wildman–Crippen LogP) is 0.825. The monoisotopic (exact) mass is 260 g/mol. The summed E-state index contributed by atoms with van der Waals surface area (Å²) in [7, 11) is 0. The Kier molecular flexibility index (Phi) is 4.70. The lowest BCUT2D eigenvalue weighted by atomic mass is 10.3. The molecule has 0 saturated carbocycles. The molecule has 8 heteroatoms. The Morgan fingerprint density at radius 3 is 2.47 bits per heavy atom. The lowest BCUT2D eigenvalue weighted by molar-refractivity contribution is -0.113. The Balaban J connectivity index is 2.56. The van der Waals surface area contributed by atoms with Crippen molar-refractivity contribution in [2.24, 2.45) is 16.7 Å². The minimum Gasteiger partial charge on any atom is -0.377 e. The summed E-state index contributed by atoms with van der Waals surface area (Å²) in [6, 6.07) is 2.72. The van der Waals surface area contributed by atoms with Gasteiger partial charge in [-0.2, -0.15) is 5.10 Å². The average Bonchev–Trinajstić information content (AvgIpc) is 2.24. The molecule has 0 unspecified atom stereocenters. The van der Waals surface area contributed by atoms with Crippen molar-refractivity contribution in [2.75, 3.05) is 11.1 Å². The Hall–Kier alpha value is -1.83. The number of thioether (sulfide) groups is 1. The number of amidine groups is 1. The first-order valence-electron chi connectivity index (χ1n) is 4.43. The molecule has 0 aliphatic heterocycles. The molecular formula is C9H10F2N4OS. The third-order valence-electron chi connectivity index (χ3n) is 1.62. The van der Waals surface area contributed by atoms with Crippen LogP contribution in [-0.2, 0) is 4.79 Å². The first-order chi connectivity index (χ1) is 8.01. The number of hydrogen-bond acceptors (Lipinski definition) is 4. The molecule has 0 saturated heterocycles. The van der Waals surface area contributed by atoms with E-state index in [0.29, 0.717) is 6.07 Å². The topological polar surface area (TPSA) is 93.5 Å². The lowest BCUT2D eigenvalue weighted by Crippen LogP contribution is -2.18. The molecule has 5 nitrogen and oxygen atoms in total. The van der Waals surface area contributed by atoms with Crippen molar-refractivity contribution in [3.8, 4) is 0 Å². The molecule has 0 bridgehead atoms. The fourth-order valence-electron chi connectivity index (χ4n) is 1.000. The van der Waals surface area contributed by atoms with Gasteiger partial charge in [0.25, 0.3) is 0 Å². The average molecular weight is 260 g/mol. The van der Waals surface area contributed by atoms with Crippen molar-refractivity contribution in [1.82, 2.24) is 0 Å². The van der Waals surface area contributed by atoms with Gasteiger partial charge in [-0.05, 0) is 12.1 Å². The summed E-state index contributed by atoms with van der Waals surface area (Å²) in [4.78, 5) is 11.3. The van der Waals surface area contributed by atoms with Crippen LogP contribution >= 0.6 is 11.8 Å². The number of nitrogens with two attached hydrogens (primary N) is 2. The van der Waals surface area contributed by atoms with E-state index in [9.17, 15) is 13.6 Å². The van der Waals surface area contributed by atoms with Crippen molar-refractivity contribution >= 4 is 28.5 Å². The number of hydrogen-bond donors (Lipinski definition) is 3. The van der Waals surface area contributed by atoms with Crippen molar-refractivity contribution in [3.63, 3.8) is 0 Å². The Bertz CT molecular complexity index is 432. The number of hydrazone groups is 1. The van der Waals surface area contributed by atoms with Crippen molar-refractivity contribution in [3.05, 3.63) is 29.8 Å². The van der Waals surface area contributed by atoms with E-state index in [4.69, 9.17) is 11.6 Å². The number of amides is 1. The van der Waals surface area contributed by atoms with E-state index < -0.39 is 17.5 Å². The summed E-state index contributed by atoms with van der Waals surface area (Å²) >= 11 is 0.915. The van der Waals surface area contributed by atoms with Gasteiger partial charge in [-0.25, -0.2) is 8.78 Å². The summed E-state index contributed by atoms with van der Waals surface area (Å²) in [5.74, 6) is 2.81. The van der Waals surface area contributed by atoms with E-state index in [1.807, 2.05) is 0 Å². The first kappa shape index (κ1) is 13.2. The van der Waals surface area contributed by atoms with E-state index in [2.05, 4.69) is 10.4 Å². The van der Waals surface area contributed by atoms with Gasteiger partial charge in [0.05, 0.1) is 5.75 Å². The van der Waals surface area contributed by atoms with Crippen LogP contribution in [0.4, 0.5) is 14.5 Å². The van der Waals surface area contributed by atoms with Gasteiger partial charge in [0.15, 0.2) is 5.17 Å². The minimum absolute atomic E-state index is 0.0383. The lowest BCUT2D eigenvalue weighted by Gasteiger charge is -2.05. The maximum absolute atomic E-state index is 12.8. The fraction of sp³-hybridized carbons (Fsp3) is 0.111. The van der Waals surface area contributed by atoms with Crippen molar-refractivity contribution in [1.29, 1.82) is 0 Å². The number of benzene rings is 1. The number of nitrogens with one attached hydrogen (secondary N) is 1. The van der Waals surface area contributed by atoms with Gasteiger partial charge in [-0.3, -0.25) is 4.79 Å². The maximum Gasteiger partial charge on any atom is 0.234 e. The van der Waals surface area contributed by atoms with Crippen molar-refractivity contribution in [2.45, 2.75) is 0 Å². The Labute approximate surface area is 100 Å². The second kappa shape index (κ2) is 6.04. The molecular weight excluding hydrogens is 250 g/mol. The number of carbonyl (C=O) groups excluding carboxylic acids is 1. The molecule has 0 atom stereocenters. The van der Waals surface area contributed by atoms with Gasteiger partial charge in [-0.1, -0.05) is 11.8 Å². The standard InChI is InChI=1S/C9H10F2N4OS/c10-5-1-6(11)3-7(2-5)14-8(16)4-17-9(12)15-13/h1-3H,4,13H2,(H2,12,15)(H,14,16). The van der Waals surface area contributed by atoms with Crippen LogP contribution in [0.5, 0.6) is 0 Å². The van der Waals surface area contributed by atoms with Crippen LogP contribution in [0.25, 0.3) is 0 Å². The van der Waals surface area contributed by atoms with E-state index in [0.717, 1.165) is 23.9 Å². The predicted molar refractivity (Wildman–Crippen MR) is 63.3 cm³/mol. The summed E-state index contributed by atoms with van der Waals surface area (Å²) in [5.41, 5.74) is 5.29. The van der Waals surface area contributed by atoms with E-state index >= 15 is 0 Å². The summed E-state index contributed by atoms with van der Waals surface area (Å²) in [5, 5.41) is 5.51. The molecule has 0 aliphatic rings. The fourth-order valence-corrected chi connectivity index (χ4v) is 1.43. The second-order valence-electron chi connectivity index (χ2n) is 2.96. The summed E-state index contributed by atoms with van der Waals surface area (Å²) in [6.07, 6.45) is 0. The highest BCUT2D eigenvalue weighted by molar-refractivity contribution is 8.14. The highest BCUT2D eigenvalue weighted by Crippen LogP contribution is 2.13. The van der Waals surface area contributed by atoms with Crippen LogP contribution in [0.2, 0.25) is 0 Å². The molecule has 1 aromatic rings. The highest BCUT2D eigenvalue weighted by Gasteiger charge is 2.06. The zero-order valence-corrected chi connectivity index (χ0v) is 9.43. The third-order valence-corrected chi connectivity index (χ3v) is 2.43. The number of halogens is 2. The molecule has 92 valence electrons. The van der Waals surface area contributed by atoms with Gasteiger partial charge in [-0.15, -0.1) is 0 Å². The van der Waals surface area contributed by atoms with Crippen LogP contribution in [-0.4, -0.2) is 16.8 Å². The first-order valence-corrected chi connectivity index (χ1v) is 5.42. The number of nitrogens with zero attached hydrogens (tertiary/aromatic N) is 1. The number of carbonyl (C=O) groups is 1. The molecule has 0 aliphatic carbocycles. The Morgan fingerprint density at radius 2 is 1.94 bits per heavy atom. The van der Waals surface area contributed by atoms with Crippen LogP contribution < -0.4 is 16.9 Å². The van der Waals surface area contributed by atoms with Crippen molar-refractivity contribution < 1.29 is 13.6 Å². The SMILES string of the molecule is NN=C(N)SCC(=O)Nc1cc(F)cc(F)c1. The number of rotatable bonds is 3. The summed E-state index contributed by atoms with van der Waals surface area (Å²) in [6.45, 7) is 0. The molecule has 0 aromatic heterocycles. The molecule has 0 heterocycles. The molecule has 1 rings (SSSR count). The van der Waals surface area contributed by atoms with Crippen LogP contribution in [0, 0.1) is 11.6 Å². The molecule has 5 N–H and O–H groups in total. The largest absolute Gasteiger partial charge is 0.377 e. The van der Waals surface area contributed by atoms with Crippen LogP contribution in [0.1, 0.15) is 0 Å². The maximum atomic E-state index is 12.8. The molecule has 17 heavy (non-hydrogen) atoms. The van der Waals surface area contributed by atoms with Gasteiger partial charge >= 0.3 is 0 Å². The third kappa shape index (κ3) is 4.68. The Morgan fingerprint density at radius 1 is 1.35 bits per heavy atom. The molecule has 1 amide bonds. The number of anilines is 1. The summed E-state index contributed by atoms with van der Waals surface area (Å²) < 4.78 is 25.6. The van der Waals surface area contributed by atoms with Crippen LogP contribution in [0.3, 0.4) is 0 Å². The second-order valence-corrected chi connectivity index (χ2v) is 3.96. The molecule has 0 radical (unpaired) electrons. The normalized spacial score (nSPS) is 11.3. The molecule has 0 fully saturated rings. The quantitative estimate of drug-likeness (QED) is 0.325. The zero-order valence-electron chi connectivity index (χ0n) is 8.61. The van der Waals surface area contributed by atoms with Gasteiger partial charge < -0.3 is 16.9 Å². The molecule has 0 spiro atoms. The van der Waals surface area contributed by atoms with Gasteiger partial charge in [0.2, 0.25) is 5.91 Å². The smallest absolute Gasteiger partial charge is 0.234 e. The molecule has 1 aromatic carbocycles. The van der Waals surface area contributed by atoms with E-state index in [-0.39, 0.29) is 16.6 Å². The van der Waals surface area contributed by atoms with Gasteiger partial charge in [0, 0.05) is 11.8 Å². The highest BCUT2D eigenvalue weighted by atomic mass is 32.2. The zero-order chi connectivity index (χ0) is 12.8.